The van der Waals surface area contributed by atoms with E-state index >= 15 is 0 Å². The molecule has 0 unspecified atom stereocenters. The zero-order valence-corrected chi connectivity index (χ0v) is 12.6. The average Bonchev–Trinajstić information content (AvgIpc) is 2.48. The molecule has 0 radical (unpaired) electrons. The van der Waals surface area contributed by atoms with Gasteiger partial charge >= 0.3 is 6.09 Å². The maximum atomic E-state index is 13.2. The minimum atomic E-state index is -0.228. The Kier molecular flexibility index (Phi) is 5.56. The Labute approximate surface area is 125 Å². The number of amides is 1. The molecule has 1 heterocycles. The van der Waals surface area contributed by atoms with Crippen LogP contribution in [0.25, 0.3) is 0 Å². The number of benzene rings is 1. The zero-order valence-electron chi connectivity index (χ0n) is 12.6. The third-order valence-electron chi connectivity index (χ3n) is 3.86. The van der Waals surface area contributed by atoms with E-state index in [1.165, 1.54) is 6.07 Å². The van der Waals surface area contributed by atoms with Crippen LogP contribution in [0.3, 0.4) is 0 Å². The lowest BCUT2D eigenvalue weighted by molar-refractivity contribution is 0.0943. The topological polar surface area (TPSA) is 41.6 Å². The number of ether oxygens (including phenoxy) is 1. The van der Waals surface area contributed by atoms with E-state index in [1.54, 1.807) is 17.0 Å². The lowest BCUT2D eigenvalue weighted by Crippen LogP contribution is -2.45. The van der Waals surface area contributed by atoms with Crippen LogP contribution in [-0.4, -0.2) is 36.7 Å². The van der Waals surface area contributed by atoms with Crippen LogP contribution >= 0.6 is 0 Å². The highest BCUT2D eigenvalue weighted by molar-refractivity contribution is 5.67. The van der Waals surface area contributed by atoms with E-state index in [4.69, 9.17) is 4.74 Å². The molecule has 0 saturated carbocycles. The Morgan fingerprint density at radius 3 is 2.81 bits per heavy atom. The quantitative estimate of drug-likeness (QED) is 0.928. The number of hydrogen-bond donors (Lipinski definition) is 1. The first-order valence-corrected chi connectivity index (χ1v) is 7.53. The number of nitrogens with one attached hydrogen (secondary N) is 1. The fourth-order valence-corrected chi connectivity index (χ4v) is 2.67. The number of hydrogen-bond acceptors (Lipinski definition) is 3. The van der Waals surface area contributed by atoms with Crippen LogP contribution in [0.15, 0.2) is 24.3 Å². The molecule has 1 fully saturated rings. The molecule has 1 aliphatic rings. The van der Waals surface area contributed by atoms with Gasteiger partial charge in [-0.3, -0.25) is 0 Å². The second-order valence-electron chi connectivity index (χ2n) is 5.40. The summed E-state index contributed by atoms with van der Waals surface area (Å²) in [5.74, 6) is -0.210. The molecular formula is C16H23FN2O2. The summed E-state index contributed by atoms with van der Waals surface area (Å²) < 4.78 is 18.2. The summed E-state index contributed by atoms with van der Waals surface area (Å²) in [7, 11) is 0. The minimum absolute atomic E-state index is 0.0971. The highest BCUT2D eigenvalue weighted by Gasteiger charge is 2.24. The van der Waals surface area contributed by atoms with Gasteiger partial charge < -0.3 is 15.0 Å². The maximum absolute atomic E-state index is 13.2. The van der Waals surface area contributed by atoms with Crippen molar-refractivity contribution in [1.82, 2.24) is 10.2 Å². The van der Waals surface area contributed by atoms with Gasteiger partial charge in [0.1, 0.15) is 5.82 Å². The number of nitrogens with zero attached hydrogens (tertiary/aromatic N) is 1. The summed E-state index contributed by atoms with van der Waals surface area (Å²) in [4.78, 5) is 13.4. The SMILES string of the molecule is CCOC(=O)N1CCC(N[C@H](C)c2cccc(F)c2)CC1. The number of halogens is 1. The van der Waals surface area contributed by atoms with Crippen LogP contribution in [0.1, 0.15) is 38.3 Å². The van der Waals surface area contributed by atoms with Crippen LogP contribution < -0.4 is 5.32 Å². The molecule has 5 heteroatoms. The number of carbonyl (C=O) groups excluding carboxylic acids is 1. The second-order valence-corrected chi connectivity index (χ2v) is 5.40. The smallest absolute Gasteiger partial charge is 0.409 e. The predicted octanol–water partition coefficient (Wildman–Crippen LogP) is 3.10. The number of likely N-dealkylation sites (tertiary alicyclic amines) is 1. The van der Waals surface area contributed by atoms with Crippen LogP contribution in [0.5, 0.6) is 0 Å². The van der Waals surface area contributed by atoms with E-state index in [0.29, 0.717) is 25.7 Å². The van der Waals surface area contributed by atoms with Crippen LogP contribution in [0.4, 0.5) is 9.18 Å². The monoisotopic (exact) mass is 294 g/mol. The highest BCUT2D eigenvalue weighted by atomic mass is 19.1. The van der Waals surface area contributed by atoms with Gasteiger partial charge in [-0.15, -0.1) is 0 Å². The third kappa shape index (κ3) is 4.43. The summed E-state index contributed by atoms with van der Waals surface area (Å²) in [5.41, 5.74) is 0.947. The van der Waals surface area contributed by atoms with E-state index in [0.717, 1.165) is 18.4 Å². The normalized spacial score (nSPS) is 17.6. The van der Waals surface area contributed by atoms with Gasteiger partial charge in [-0.2, -0.15) is 0 Å². The van der Waals surface area contributed by atoms with Gasteiger partial charge in [0.25, 0.3) is 0 Å². The van der Waals surface area contributed by atoms with E-state index < -0.39 is 0 Å². The van der Waals surface area contributed by atoms with E-state index in [-0.39, 0.29) is 18.0 Å². The average molecular weight is 294 g/mol. The van der Waals surface area contributed by atoms with Crippen molar-refractivity contribution >= 4 is 6.09 Å². The molecule has 1 atom stereocenters. The Morgan fingerprint density at radius 1 is 1.48 bits per heavy atom. The number of rotatable bonds is 4. The molecule has 1 N–H and O–H groups in total. The first-order valence-electron chi connectivity index (χ1n) is 7.53. The molecule has 0 spiro atoms. The Morgan fingerprint density at radius 2 is 2.19 bits per heavy atom. The van der Waals surface area contributed by atoms with E-state index in [9.17, 15) is 9.18 Å². The van der Waals surface area contributed by atoms with Crippen LogP contribution in [0.2, 0.25) is 0 Å². The van der Waals surface area contributed by atoms with Crippen LogP contribution in [0, 0.1) is 5.82 Å². The lowest BCUT2D eigenvalue weighted by atomic mass is 10.0. The van der Waals surface area contributed by atoms with Crippen molar-refractivity contribution in [3.8, 4) is 0 Å². The molecule has 2 rings (SSSR count). The molecule has 0 aliphatic carbocycles. The molecule has 1 aromatic rings. The van der Waals surface area contributed by atoms with Crippen molar-refractivity contribution in [3.05, 3.63) is 35.6 Å². The molecule has 1 aliphatic heterocycles. The molecular weight excluding hydrogens is 271 g/mol. The molecule has 116 valence electrons. The van der Waals surface area contributed by atoms with Gasteiger partial charge in [0.2, 0.25) is 0 Å². The summed E-state index contributed by atoms with van der Waals surface area (Å²) in [6, 6.07) is 7.11. The summed E-state index contributed by atoms with van der Waals surface area (Å²) in [6.45, 7) is 5.66. The molecule has 1 aromatic carbocycles. The number of piperidine rings is 1. The van der Waals surface area contributed by atoms with Crippen molar-refractivity contribution in [1.29, 1.82) is 0 Å². The second kappa shape index (κ2) is 7.41. The summed E-state index contributed by atoms with van der Waals surface area (Å²) >= 11 is 0. The van der Waals surface area contributed by atoms with Crippen molar-refractivity contribution in [3.63, 3.8) is 0 Å². The summed E-state index contributed by atoms with van der Waals surface area (Å²) in [5, 5.41) is 3.51. The molecule has 0 aromatic heterocycles. The zero-order chi connectivity index (χ0) is 15.2. The van der Waals surface area contributed by atoms with Crippen molar-refractivity contribution < 1.29 is 13.9 Å². The predicted molar refractivity (Wildman–Crippen MR) is 79.6 cm³/mol. The Balaban J connectivity index is 1.82. The molecule has 21 heavy (non-hydrogen) atoms. The standard InChI is InChI=1S/C16H23FN2O2/c1-3-21-16(20)19-9-7-15(8-10-19)18-12(2)13-5-4-6-14(17)11-13/h4-6,11-12,15,18H,3,7-10H2,1-2H3/t12-/m1/s1. The van der Waals surface area contributed by atoms with Gasteiger partial charge in [-0.1, -0.05) is 12.1 Å². The van der Waals surface area contributed by atoms with Crippen molar-refractivity contribution in [2.24, 2.45) is 0 Å². The molecule has 1 amide bonds. The van der Waals surface area contributed by atoms with E-state index in [1.807, 2.05) is 19.9 Å². The molecule has 1 saturated heterocycles. The highest BCUT2D eigenvalue weighted by Crippen LogP contribution is 2.18. The Bertz CT molecular complexity index is 473. The first kappa shape index (κ1) is 15.8. The lowest BCUT2D eigenvalue weighted by Gasteiger charge is -2.33. The van der Waals surface area contributed by atoms with Gasteiger partial charge in [0, 0.05) is 25.2 Å². The van der Waals surface area contributed by atoms with Gasteiger partial charge in [-0.25, -0.2) is 9.18 Å². The van der Waals surface area contributed by atoms with E-state index in [2.05, 4.69) is 5.32 Å². The van der Waals surface area contributed by atoms with Crippen molar-refractivity contribution in [2.45, 2.75) is 38.8 Å². The maximum Gasteiger partial charge on any atom is 0.409 e. The van der Waals surface area contributed by atoms with Crippen molar-refractivity contribution in [2.75, 3.05) is 19.7 Å². The largest absolute Gasteiger partial charge is 0.450 e. The minimum Gasteiger partial charge on any atom is -0.450 e. The Hall–Kier alpha value is -1.62. The van der Waals surface area contributed by atoms with Gasteiger partial charge in [0.15, 0.2) is 0 Å². The van der Waals surface area contributed by atoms with Gasteiger partial charge in [-0.05, 0) is 44.4 Å². The first-order chi connectivity index (χ1) is 10.1. The fraction of sp³-hybridized carbons (Fsp3) is 0.562. The molecule has 0 bridgehead atoms. The van der Waals surface area contributed by atoms with Crippen LogP contribution in [-0.2, 0) is 4.74 Å². The third-order valence-corrected chi connectivity index (χ3v) is 3.86. The fourth-order valence-electron chi connectivity index (χ4n) is 2.67. The number of carbonyl (C=O) groups is 1. The molecule has 4 nitrogen and oxygen atoms in total. The summed E-state index contributed by atoms with van der Waals surface area (Å²) in [6.07, 6.45) is 1.55. The van der Waals surface area contributed by atoms with Gasteiger partial charge in [0.05, 0.1) is 6.61 Å².